The molecule has 0 unspecified atom stereocenters. The van der Waals surface area contributed by atoms with E-state index in [0.717, 1.165) is 0 Å². The Morgan fingerprint density at radius 3 is 1.33 bits per heavy atom. The fourth-order valence-corrected chi connectivity index (χ4v) is 0.214. The van der Waals surface area contributed by atoms with Crippen molar-refractivity contribution in [1.82, 2.24) is 0 Å². The molecule has 49 valence electrons. The first-order valence-electron chi connectivity index (χ1n) is 2.06. The quantitative estimate of drug-likeness (QED) is 0.742. The Bertz CT molecular complexity index is 97.1. The molecule has 0 rings (SSSR count). The zero-order valence-electron chi connectivity index (χ0n) is 4.70. The average Bonchev–Trinajstić information content (AvgIpc) is 1.61. The number of hydrogen-bond donors (Lipinski definition) is 2. The van der Waals surface area contributed by atoms with E-state index in [0.29, 0.717) is 0 Å². The standard InChI is InChI=1S/C4H6O4.La/c5-3(6)1-2-4(7)8;/h1-2H2,(H,5,6)(H,7,8);. The van der Waals surface area contributed by atoms with Gasteiger partial charge in [-0.2, -0.15) is 0 Å². The van der Waals surface area contributed by atoms with E-state index in [-0.39, 0.29) is 48.4 Å². The second-order valence-electron chi connectivity index (χ2n) is 1.29. The van der Waals surface area contributed by atoms with E-state index in [1.807, 2.05) is 0 Å². The Labute approximate surface area is 79.8 Å². The number of aliphatic carboxylic acids is 2. The summed E-state index contributed by atoms with van der Waals surface area (Å²) in [5, 5.41) is 15.8. The molecule has 0 aromatic rings. The predicted octanol–water partition coefficient (Wildman–Crippen LogP) is -0.0642. The number of hydrogen-bond acceptors (Lipinski definition) is 2. The molecule has 1 radical (unpaired) electrons. The van der Waals surface area contributed by atoms with Crippen LogP contribution in [-0.2, 0) is 9.59 Å². The second-order valence-corrected chi connectivity index (χ2v) is 1.29. The third-order valence-electron chi connectivity index (χ3n) is 0.553. The monoisotopic (exact) mass is 257 g/mol. The van der Waals surface area contributed by atoms with Crippen molar-refractivity contribution in [3.63, 3.8) is 0 Å². The van der Waals surface area contributed by atoms with Crippen LogP contribution in [0.1, 0.15) is 12.8 Å². The summed E-state index contributed by atoms with van der Waals surface area (Å²) in [6.45, 7) is 0. The first-order chi connectivity index (χ1) is 3.63. The van der Waals surface area contributed by atoms with Crippen molar-refractivity contribution in [1.29, 1.82) is 0 Å². The van der Waals surface area contributed by atoms with Gasteiger partial charge in [-0.1, -0.05) is 0 Å². The molecule has 0 aliphatic carbocycles. The summed E-state index contributed by atoms with van der Waals surface area (Å²) in [4.78, 5) is 19.3. The fourth-order valence-electron chi connectivity index (χ4n) is 0.214. The zero-order chi connectivity index (χ0) is 6.57. The van der Waals surface area contributed by atoms with Gasteiger partial charge in [0.05, 0.1) is 12.8 Å². The van der Waals surface area contributed by atoms with Gasteiger partial charge in [0.25, 0.3) is 0 Å². The summed E-state index contributed by atoms with van der Waals surface area (Å²) in [5.74, 6) is -2.15. The van der Waals surface area contributed by atoms with E-state index in [1.54, 1.807) is 0 Å². The molecule has 0 aromatic carbocycles. The van der Waals surface area contributed by atoms with Crippen LogP contribution in [0.25, 0.3) is 0 Å². The van der Waals surface area contributed by atoms with Gasteiger partial charge in [0.15, 0.2) is 0 Å². The van der Waals surface area contributed by atoms with Gasteiger partial charge in [-0.25, -0.2) is 0 Å². The molecular weight excluding hydrogens is 251 g/mol. The van der Waals surface area contributed by atoms with E-state index in [1.165, 1.54) is 0 Å². The minimum Gasteiger partial charge on any atom is -0.481 e. The van der Waals surface area contributed by atoms with Gasteiger partial charge in [0.1, 0.15) is 0 Å². The van der Waals surface area contributed by atoms with Crippen molar-refractivity contribution in [3.8, 4) is 0 Å². The molecule has 0 heterocycles. The van der Waals surface area contributed by atoms with Crippen molar-refractivity contribution in [2.45, 2.75) is 12.8 Å². The Hall–Kier alpha value is 0.135. The van der Waals surface area contributed by atoms with Gasteiger partial charge in [-0.3, -0.25) is 9.59 Å². The van der Waals surface area contributed by atoms with Crippen LogP contribution in [0.15, 0.2) is 0 Å². The zero-order valence-corrected chi connectivity index (χ0v) is 8.33. The van der Waals surface area contributed by atoms with E-state index in [2.05, 4.69) is 0 Å². The van der Waals surface area contributed by atoms with E-state index in [9.17, 15) is 9.59 Å². The molecule has 4 nitrogen and oxygen atoms in total. The predicted molar refractivity (Wildman–Crippen MR) is 24.5 cm³/mol. The van der Waals surface area contributed by atoms with Crippen LogP contribution in [0.5, 0.6) is 0 Å². The van der Waals surface area contributed by atoms with Crippen LogP contribution >= 0.6 is 0 Å². The summed E-state index contributed by atoms with van der Waals surface area (Å²) in [6.07, 6.45) is -0.593. The van der Waals surface area contributed by atoms with E-state index >= 15 is 0 Å². The Morgan fingerprint density at radius 2 is 1.22 bits per heavy atom. The maximum Gasteiger partial charge on any atom is 0.303 e. The maximum absolute atomic E-state index is 9.64. The number of carboxylic acids is 2. The molecule has 0 saturated heterocycles. The van der Waals surface area contributed by atoms with Crippen LogP contribution in [0.3, 0.4) is 0 Å². The third-order valence-corrected chi connectivity index (χ3v) is 0.553. The number of rotatable bonds is 3. The van der Waals surface area contributed by atoms with Crippen molar-refractivity contribution in [3.05, 3.63) is 0 Å². The minimum atomic E-state index is -1.08. The fraction of sp³-hybridized carbons (Fsp3) is 0.500. The largest absolute Gasteiger partial charge is 0.481 e. The van der Waals surface area contributed by atoms with E-state index < -0.39 is 11.9 Å². The van der Waals surface area contributed by atoms with Gasteiger partial charge in [0, 0.05) is 35.6 Å². The summed E-state index contributed by atoms with van der Waals surface area (Å²) in [5.41, 5.74) is 0. The first-order valence-corrected chi connectivity index (χ1v) is 2.06. The van der Waals surface area contributed by atoms with Crippen LogP contribution in [0, 0.1) is 35.6 Å². The summed E-state index contributed by atoms with van der Waals surface area (Å²) in [7, 11) is 0. The third kappa shape index (κ3) is 11.6. The van der Waals surface area contributed by atoms with Crippen molar-refractivity contribution in [2.75, 3.05) is 0 Å². The number of carboxylic acid groups (broad SMARTS) is 2. The first kappa shape index (κ1) is 11.9. The molecule has 0 atom stereocenters. The average molecular weight is 257 g/mol. The molecule has 0 fully saturated rings. The van der Waals surface area contributed by atoms with Crippen LogP contribution in [0.4, 0.5) is 0 Å². The molecule has 0 aromatic heterocycles. The van der Waals surface area contributed by atoms with Gasteiger partial charge >= 0.3 is 11.9 Å². The van der Waals surface area contributed by atoms with Gasteiger partial charge < -0.3 is 10.2 Å². The minimum absolute atomic E-state index is 0. The summed E-state index contributed by atoms with van der Waals surface area (Å²) < 4.78 is 0. The SMILES string of the molecule is O=C(O)CCC(=O)O.[La]. The molecular formula is C4H6LaO4. The molecule has 5 heteroatoms. The van der Waals surface area contributed by atoms with Gasteiger partial charge in [-0.05, 0) is 0 Å². The van der Waals surface area contributed by atoms with Gasteiger partial charge in [0.2, 0.25) is 0 Å². The Morgan fingerprint density at radius 1 is 1.00 bits per heavy atom. The maximum atomic E-state index is 9.64. The molecule has 0 amide bonds. The normalized spacial score (nSPS) is 7.56. The summed E-state index contributed by atoms with van der Waals surface area (Å²) in [6, 6.07) is 0. The molecule has 2 N–H and O–H groups in total. The second kappa shape index (κ2) is 6.26. The van der Waals surface area contributed by atoms with Crippen molar-refractivity contribution < 1.29 is 55.4 Å². The number of carbonyl (C=O) groups is 2. The van der Waals surface area contributed by atoms with Crippen molar-refractivity contribution >= 4 is 11.9 Å². The van der Waals surface area contributed by atoms with E-state index in [4.69, 9.17) is 10.2 Å². The van der Waals surface area contributed by atoms with Gasteiger partial charge in [-0.15, -0.1) is 0 Å². The smallest absolute Gasteiger partial charge is 0.303 e. The summed E-state index contributed by atoms with van der Waals surface area (Å²) >= 11 is 0. The Balaban J connectivity index is 0. The Kier molecular flexibility index (Phi) is 8.26. The van der Waals surface area contributed by atoms with Crippen LogP contribution in [0.2, 0.25) is 0 Å². The molecule has 9 heavy (non-hydrogen) atoms. The molecule has 0 aliphatic heterocycles. The van der Waals surface area contributed by atoms with Crippen molar-refractivity contribution in [2.24, 2.45) is 0 Å². The molecule has 0 aliphatic rings. The van der Waals surface area contributed by atoms with Crippen LogP contribution in [-0.4, -0.2) is 22.2 Å². The topological polar surface area (TPSA) is 74.6 Å². The van der Waals surface area contributed by atoms with Crippen LogP contribution < -0.4 is 0 Å². The molecule has 0 spiro atoms. The molecule has 0 saturated carbocycles. The molecule has 0 bridgehead atoms.